The maximum atomic E-state index is 11.9. The highest BCUT2D eigenvalue weighted by molar-refractivity contribution is 6.08. The molecule has 0 amide bonds. The number of rotatable bonds is 5. The molecule has 1 rings (SSSR count). The minimum Gasteiger partial charge on any atom is -0.480 e. The summed E-state index contributed by atoms with van der Waals surface area (Å²) in [6.45, 7) is 2.46. The van der Waals surface area contributed by atoms with Gasteiger partial charge in [0.1, 0.15) is 11.2 Å². The molecular formula is C13H14O4. The van der Waals surface area contributed by atoms with E-state index in [0.717, 1.165) is 0 Å². The summed E-state index contributed by atoms with van der Waals surface area (Å²) in [5, 5.41) is 9.03. The van der Waals surface area contributed by atoms with Crippen molar-refractivity contribution in [3.05, 3.63) is 35.9 Å². The van der Waals surface area contributed by atoms with Crippen LogP contribution in [0, 0.1) is 5.41 Å². The average molecular weight is 234 g/mol. The Balaban J connectivity index is 2.94. The second-order valence-electron chi connectivity index (χ2n) is 4.16. The smallest absolute Gasteiger partial charge is 0.317 e. The van der Waals surface area contributed by atoms with E-state index in [1.165, 1.54) is 13.8 Å². The van der Waals surface area contributed by atoms with Gasteiger partial charge < -0.3 is 5.11 Å². The second-order valence-corrected chi connectivity index (χ2v) is 4.16. The lowest BCUT2D eigenvalue weighted by Gasteiger charge is -2.20. The Kier molecular flexibility index (Phi) is 3.78. The lowest BCUT2D eigenvalue weighted by atomic mass is 9.80. The van der Waals surface area contributed by atoms with Gasteiger partial charge in [-0.05, 0) is 13.8 Å². The van der Waals surface area contributed by atoms with Gasteiger partial charge in [-0.15, -0.1) is 0 Å². The predicted octanol–water partition coefficient (Wildman–Crippen LogP) is 1.94. The first-order valence-corrected chi connectivity index (χ1v) is 5.20. The standard InChI is InChI=1S/C13H14O4/c1-9(14)13(2,12(16)17)8-11(15)10-6-4-3-5-7-10/h3-7H,8H2,1-2H3,(H,16,17). The topological polar surface area (TPSA) is 71.4 Å². The number of Topliss-reactive ketones (excluding diaryl/α,β-unsaturated/α-hetero) is 2. The first-order valence-electron chi connectivity index (χ1n) is 5.20. The van der Waals surface area contributed by atoms with Gasteiger partial charge in [0.25, 0.3) is 0 Å². The number of benzene rings is 1. The Labute approximate surface area is 99.3 Å². The zero-order valence-electron chi connectivity index (χ0n) is 9.77. The van der Waals surface area contributed by atoms with Gasteiger partial charge in [-0.25, -0.2) is 0 Å². The van der Waals surface area contributed by atoms with Crippen LogP contribution in [0.3, 0.4) is 0 Å². The fourth-order valence-corrected chi connectivity index (χ4v) is 1.40. The van der Waals surface area contributed by atoms with Crippen LogP contribution in [0.25, 0.3) is 0 Å². The van der Waals surface area contributed by atoms with Gasteiger partial charge in [-0.3, -0.25) is 14.4 Å². The van der Waals surface area contributed by atoms with E-state index in [9.17, 15) is 14.4 Å². The molecule has 0 bridgehead atoms. The molecule has 0 radical (unpaired) electrons. The number of carbonyl (C=O) groups excluding carboxylic acids is 2. The van der Waals surface area contributed by atoms with E-state index >= 15 is 0 Å². The molecule has 0 heterocycles. The molecule has 0 aliphatic heterocycles. The summed E-state index contributed by atoms with van der Waals surface area (Å²) < 4.78 is 0. The number of carbonyl (C=O) groups is 3. The van der Waals surface area contributed by atoms with E-state index in [4.69, 9.17) is 5.11 Å². The molecule has 0 fully saturated rings. The van der Waals surface area contributed by atoms with Gasteiger partial charge in [-0.2, -0.15) is 0 Å². The van der Waals surface area contributed by atoms with Crippen LogP contribution in [0.1, 0.15) is 30.6 Å². The zero-order chi connectivity index (χ0) is 13.1. The van der Waals surface area contributed by atoms with Crippen LogP contribution in [-0.4, -0.2) is 22.6 Å². The Morgan fingerprint density at radius 3 is 2.12 bits per heavy atom. The fourth-order valence-electron chi connectivity index (χ4n) is 1.40. The zero-order valence-corrected chi connectivity index (χ0v) is 9.77. The molecular weight excluding hydrogens is 220 g/mol. The van der Waals surface area contributed by atoms with Crippen LogP contribution in [0.15, 0.2) is 30.3 Å². The van der Waals surface area contributed by atoms with Crippen LogP contribution in [-0.2, 0) is 9.59 Å². The normalized spacial score (nSPS) is 13.8. The number of hydrogen-bond acceptors (Lipinski definition) is 3. The third-order valence-electron chi connectivity index (χ3n) is 2.86. The summed E-state index contributed by atoms with van der Waals surface area (Å²) >= 11 is 0. The Bertz CT molecular complexity index is 434. The quantitative estimate of drug-likeness (QED) is 0.624. The van der Waals surface area contributed by atoms with Crippen molar-refractivity contribution in [2.24, 2.45) is 5.41 Å². The first kappa shape index (κ1) is 13.1. The molecule has 17 heavy (non-hydrogen) atoms. The minimum absolute atomic E-state index is 0.318. The van der Waals surface area contributed by atoms with Crippen molar-refractivity contribution in [1.29, 1.82) is 0 Å². The van der Waals surface area contributed by atoms with E-state index < -0.39 is 17.2 Å². The molecule has 0 spiro atoms. The molecule has 0 saturated heterocycles. The highest BCUT2D eigenvalue weighted by Crippen LogP contribution is 2.25. The van der Waals surface area contributed by atoms with Crippen molar-refractivity contribution >= 4 is 17.5 Å². The van der Waals surface area contributed by atoms with E-state index in [1.54, 1.807) is 30.3 Å². The number of carboxylic acid groups (broad SMARTS) is 1. The van der Waals surface area contributed by atoms with Gasteiger partial charge in [0, 0.05) is 12.0 Å². The SMILES string of the molecule is CC(=O)C(C)(CC(=O)c1ccccc1)C(=O)O. The number of hydrogen-bond donors (Lipinski definition) is 1. The maximum Gasteiger partial charge on any atom is 0.317 e. The van der Waals surface area contributed by atoms with Crippen LogP contribution in [0.4, 0.5) is 0 Å². The summed E-state index contributed by atoms with van der Waals surface area (Å²) in [6, 6.07) is 8.35. The first-order chi connectivity index (χ1) is 7.88. The summed E-state index contributed by atoms with van der Waals surface area (Å²) in [4.78, 5) is 34.3. The van der Waals surface area contributed by atoms with E-state index in [-0.39, 0.29) is 12.2 Å². The van der Waals surface area contributed by atoms with Crippen molar-refractivity contribution in [2.45, 2.75) is 20.3 Å². The number of aliphatic carboxylic acids is 1. The lowest BCUT2D eigenvalue weighted by molar-refractivity contribution is -0.152. The molecule has 1 N–H and O–H groups in total. The average Bonchev–Trinajstić information content (AvgIpc) is 2.29. The Morgan fingerprint density at radius 1 is 1.18 bits per heavy atom. The van der Waals surface area contributed by atoms with Gasteiger partial charge in [-0.1, -0.05) is 30.3 Å². The monoisotopic (exact) mass is 234 g/mol. The fraction of sp³-hybridized carbons (Fsp3) is 0.308. The number of carboxylic acids is 1. The van der Waals surface area contributed by atoms with Gasteiger partial charge >= 0.3 is 5.97 Å². The molecule has 0 saturated carbocycles. The van der Waals surface area contributed by atoms with E-state index in [0.29, 0.717) is 5.56 Å². The predicted molar refractivity (Wildman–Crippen MR) is 61.8 cm³/mol. The van der Waals surface area contributed by atoms with Crippen molar-refractivity contribution < 1.29 is 19.5 Å². The van der Waals surface area contributed by atoms with Crippen LogP contribution >= 0.6 is 0 Å². The molecule has 0 aromatic heterocycles. The molecule has 0 aliphatic rings. The van der Waals surface area contributed by atoms with Crippen LogP contribution in [0.2, 0.25) is 0 Å². The largest absolute Gasteiger partial charge is 0.480 e. The van der Waals surface area contributed by atoms with Crippen molar-refractivity contribution in [3.63, 3.8) is 0 Å². The van der Waals surface area contributed by atoms with Crippen molar-refractivity contribution in [2.75, 3.05) is 0 Å². The van der Waals surface area contributed by atoms with Crippen LogP contribution in [0.5, 0.6) is 0 Å². The Hall–Kier alpha value is -1.97. The highest BCUT2D eigenvalue weighted by atomic mass is 16.4. The third kappa shape index (κ3) is 2.78. The molecule has 4 heteroatoms. The molecule has 0 aliphatic carbocycles. The molecule has 1 aromatic carbocycles. The summed E-state index contributed by atoms with van der Waals surface area (Å²) in [7, 11) is 0. The van der Waals surface area contributed by atoms with Crippen LogP contribution < -0.4 is 0 Å². The van der Waals surface area contributed by atoms with Gasteiger partial charge in [0.15, 0.2) is 5.78 Å². The minimum atomic E-state index is -1.65. The van der Waals surface area contributed by atoms with E-state index in [1.807, 2.05) is 0 Å². The van der Waals surface area contributed by atoms with Gasteiger partial charge in [0.05, 0.1) is 0 Å². The van der Waals surface area contributed by atoms with Crippen molar-refractivity contribution in [1.82, 2.24) is 0 Å². The second kappa shape index (κ2) is 4.91. The van der Waals surface area contributed by atoms with Gasteiger partial charge in [0.2, 0.25) is 0 Å². The Morgan fingerprint density at radius 2 is 1.71 bits per heavy atom. The van der Waals surface area contributed by atoms with Crippen molar-refractivity contribution in [3.8, 4) is 0 Å². The molecule has 1 aromatic rings. The molecule has 1 unspecified atom stereocenters. The number of ketones is 2. The third-order valence-corrected chi connectivity index (χ3v) is 2.86. The maximum absolute atomic E-state index is 11.9. The molecule has 90 valence electrons. The van der Waals surface area contributed by atoms with E-state index in [2.05, 4.69) is 0 Å². The summed E-state index contributed by atoms with van der Waals surface area (Å²) in [5.41, 5.74) is -1.23. The lowest BCUT2D eigenvalue weighted by Crippen LogP contribution is -2.37. The highest BCUT2D eigenvalue weighted by Gasteiger charge is 2.40. The molecule has 4 nitrogen and oxygen atoms in total. The summed E-state index contributed by atoms with van der Waals surface area (Å²) in [5.74, 6) is -2.13. The molecule has 1 atom stereocenters. The summed E-state index contributed by atoms with van der Waals surface area (Å²) in [6.07, 6.45) is -0.318.